The first kappa shape index (κ1) is 22.9. The third-order valence-electron chi connectivity index (χ3n) is 9.13. The Hall–Kier alpha value is -1.92. The smallest absolute Gasteiger partial charge is 0.228 e. The standard InChI is InChI=1S/C27H37FN2O3/c28-16-21(17-29)18-33-23-4-2-22(3-5-23)26-6-1-7-27(10-8-26,11-9-26)24(31)30-19-25(20-30)12-14-32-15-13-25/h2-5,16H,1,6-15,17-20,29H2/b21-16+. The first-order valence-corrected chi connectivity index (χ1v) is 12.6. The van der Waals surface area contributed by atoms with E-state index in [2.05, 4.69) is 17.0 Å². The summed E-state index contributed by atoms with van der Waals surface area (Å²) in [6.07, 6.45) is 10.2. The maximum atomic E-state index is 13.6. The van der Waals surface area contributed by atoms with Gasteiger partial charge in [-0.1, -0.05) is 18.6 Å². The molecule has 0 aromatic heterocycles. The number of ether oxygens (including phenoxy) is 2. The largest absolute Gasteiger partial charge is 0.489 e. The summed E-state index contributed by atoms with van der Waals surface area (Å²) in [6, 6.07) is 8.31. The first-order chi connectivity index (χ1) is 16.0. The number of amides is 1. The van der Waals surface area contributed by atoms with Gasteiger partial charge in [0.1, 0.15) is 12.4 Å². The monoisotopic (exact) mass is 456 g/mol. The predicted molar refractivity (Wildman–Crippen MR) is 126 cm³/mol. The molecule has 33 heavy (non-hydrogen) atoms. The van der Waals surface area contributed by atoms with E-state index in [1.807, 2.05) is 12.1 Å². The van der Waals surface area contributed by atoms with Crippen molar-refractivity contribution in [3.05, 3.63) is 41.7 Å². The number of carbonyl (C=O) groups excluding carboxylic acids is 1. The summed E-state index contributed by atoms with van der Waals surface area (Å²) in [5.74, 6) is 1.16. The van der Waals surface area contributed by atoms with E-state index < -0.39 is 0 Å². The Morgan fingerprint density at radius 3 is 2.36 bits per heavy atom. The number of halogens is 1. The molecule has 6 rings (SSSR count). The third kappa shape index (κ3) is 4.21. The Balaban J connectivity index is 1.22. The molecule has 6 heteroatoms. The van der Waals surface area contributed by atoms with E-state index in [-0.39, 0.29) is 24.0 Å². The van der Waals surface area contributed by atoms with Crippen molar-refractivity contribution < 1.29 is 18.7 Å². The van der Waals surface area contributed by atoms with Crippen molar-refractivity contribution in [2.45, 2.75) is 63.2 Å². The van der Waals surface area contributed by atoms with Crippen molar-refractivity contribution in [2.24, 2.45) is 16.6 Å². The number of benzene rings is 1. The van der Waals surface area contributed by atoms with Crippen molar-refractivity contribution in [1.29, 1.82) is 0 Å². The molecule has 180 valence electrons. The summed E-state index contributed by atoms with van der Waals surface area (Å²) in [5.41, 5.74) is 7.65. The molecule has 0 atom stereocenters. The molecule has 2 heterocycles. The van der Waals surface area contributed by atoms with Crippen molar-refractivity contribution in [2.75, 3.05) is 39.5 Å². The molecular formula is C27H37FN2O3. The van der Waals surface area contributed by atoms with E-state index in [1.54, 1.807) is 0 Å². The SMILES string of the molecule is NC/C(=C\F)COc1ccc(C23CCCC(C(=O)N4CC5(CCOCC5)C4)(CC2)CC3)cc1. The van der Waals surface area contributed by atoms with Crippen LogP contribution in [0, 0.1) is 10.8 Å². The normalized spacial score (nSPS) is 31.2. The van der Waals surface area contributed by atoms with Gasteiger partial charge in [-0.25, -0.2) is 4.39 Å². The summed E-state index contributed by atoms with van der Waals surface area (Å²) in [7, 11) is 0. The summed E-state index contributed by atoms with van der Waals surface area (Å²) in [6.45, 7) is 3.90. The van der Waals surface area contributed by atoms with Gasteiger partial charge >= 0.3 is 0 Å². The molecule has 3 aliphatic carbocycles. The van der Waals surface area contributed by atoms with Crippen LogP contribution in [0.15, 0.2) is 36.2 Å². The lowest BCUT2D eigenvalue weighted by molar-refractivity contribution is -0.163. The Kier molecular flexibility index (Phi) is 6.25. The maximum absolute atomic E-state index is 13.6. The molecule has 2 bridgehead atoms. The number of likely N-dealkylation sites (tertiary alicyclic amines) is 1. The van der Waals surface area contributed by atoms with Crippen LogP contribution in [0.1, 0.15) is 63.4 Å². The Bertz CT molecular complexity index is 875. The molecule has 3 saturated carbocycles. The van der Waals surface area contributed by atoms with Crippen molar-refractivity contribution in [3.63, 3.8) is 0 Å². The van der Waals surface area contributed by atoms with Crippen LogP contribution in [-0.4, -0.2) is 50.3 Å². The zero-order valence-electron chi connectivity index (χ0n) is 19.6. The topological polar surface area (TPSA) is 64.8 Å². The lowest BCUT2D eigenvalue weighted by atomic mass is 9.61. The Labute approximate surface area is 196 Å². The van der Waals surface area contributed by atoms with E-state index in [9.17, 15) is 9.18 Å². The van der Waals surface area contributed by atoms with Crippen molar-refractivity contribution in [1.82, 2.24) is 4.90 Å². The molecule has 5 nitrogen and oxygen atoms in total. The molecule has 2 aliphatic heterocycles. The summed E-state index contributed by atoms with van der Waals surface area (Å²) in [5, 5.41) is 0. The molecule has 0 radical (unpaired) electrons. The minimum atomic E-state index is -0.146. The van der Waals surface area contributed by atoms with E-state index in [0.29, 0.717) is 23.2 Å². The quantitative estimate of drug-likeness (QED) is 0.685. The highest BCUT2D eigenvalue weighted by molar-refractivity contribution is 5.84. The van der Waals surface area contributed by atoms with Crippen LogP contribution in [0.25, 0.3) is 0 Å². The second-order valence-electron chi connectivity index (χ2n) is 11.0. The minimum absolute atomic E-state index is 0.146. The zero-order chi connectivity index (χ0) is 22.9. The molecule has 1 spiro atoms. The number of carbonyl (C=O) groups is 1. The number of rotatable bonds is 6. The van der Waals surface area contributed by atoms with Gasteiger partial charge in [0.15, 0.2) is 0 Å². The van der Waals surface area contributed by atoms with E-state index >= 15 is 0 Å². The van der Waals surface area contributed by atoms with Gasteiger partial charge in [-0.3, -0.25) is 4.79 Å². The highest BCUT2D eigenvalue weighted by Gasteiger charge is 2.55. The lowest BCUT2D eigenvalue weighted by Gasteiger charge is -2.55. The van der Waals surface area contributed by atoms with Gasteiger partial charge < -0.3 is 20.1 Å². The van der Waals surface area contributed by atoms with Gasteiger partial charge in [-0.15, -0.1) is 0 Å². The van der Waals surface area contributed by atoms with Gasteiger partial charge in [0, 0.05) is 49.3 Å². The number of hydrogen-bond donors (Lipinski definition) is 1. The van der Waals surface area contributed by atoms with Crippen LogP contribution in [0.4, 0.5) is 4.39 Å². The molecule has 5 aliphatic rings. The molecule has 1 amide bonds. The minimum Gasteiger partial charge on any atom is -0.489 e. The molecule has 1 aromatic carbocycles. The number of hydrogen-bond acceptors (Lipinski definition) is 4. The average Bonchev–Trinajstić information content (AvgIpc) is 3.16. The van der Waals surface area contributed by atoms with E-state index in [4.69, 9.17) is 15.2 Å². The molecule has 5 fully saturated rings. The molecule has 2 N–H and O–H groups in total. The fourth-order valence-electron chi connectivity index (χ4n) is 6.80. The molecular weight excluding hydrogens is 419 g/mol. The van der Waals surface area contributed by atoms with Gasteiger partial charge in [0.05, 0.1) is 6.33 Å². The van der Waals surface area contributed by atoms with Crippen molar-refractivity contribution >= 4 is 5.91 Å². The highest BCUT2D eigenvalue weighted by atomic mass is 19.1. The number of nitrogens with zero attached hydrogens (tertiary/aromatic N) is 1. The average molecular weight is 457 g/mol. The fraction of sp³-hybridized carbons (Fsp3) is 0.667. The first-order valence-electron chi connectivity index (χ1n) is 12.6. The number of fused-ring (bicyclic) bond motifs is 4. The van der Waals surface area contributed by atoms with Gasteiger partial charge in [-0.2, -0.15) is 0 Å². The summed E-state index contributed by atoms with van der Waals surface area (Å²) >= 11 is 0. The fourth-order valence-corrected chi connectivity index (χ4v) is 6.80. The second-order valence-corrected chi connectivity index (χ2v) is 11.0. The highest BCUT2D eigenvalue weighted by Crippen LogP contribution is 2.57. The molecule has 1 aromatic rings. The van der Waals surface area contributed by atoms with Crippen LogP contribution in [0.5, 0.6) is 5.75 Å². The van der Waals surface area contributed by atoms with Crippen LogP contribution in [0.2, 0.25) is 0 Å². The third-order valence-corrected chi connectivity index (χ3v) is 9.13. The Morgan fingerprint density at radius 1 is 1.03 bits per heavy atom. The van der Waals surface area contributed by atoms with Gasteiger partial charge in [0.2, 0.25) is 5.91 Å². The van der Waals surface area contributed by atoms with Crippen LogP contribution in [0.3, 0.4) is 0 Å². The zero-order valence-corrected chi connectivity index (χ0v) is 19.6. The van der Waals surface area contributed by atoms with E-state index in [1.165, 1.54) is 5.56 Å². The van der Waals surface area contributed by atoms with Crippen LogP contribution < -0.4 is 10.5 Å². The van der Waals surface area contributed by atoms with Crippen molar-refractivity contribution in [3.8, 4) is 5.75 Å². The summed E-state index contributed by atoms with van der Waals surface area (Å²) < 4.78 is 23.9. The Morgan fingerprint density at radius 2 is 1.73 bits per heavy atom. The maximum Gasteiger partial charge on any atom is 0.228 e. The predicted octanol–water partition coefficient (Wildman–Crippen LogP) is 4.50. The molecule has 0 unspecified atom stereocenters. The van der Waals surface area contributed by atoms with E-state index in [0.717, 1.165) is 89.8 Å². The lowest BCUT2D eigenvalue weighted by Crippen LogP contribution is -2.63. The van der Waals surface area contributed by atoms with Crippen LogP contribution in [-0.2, 0) is 14.9 Å². The van der Waals surface area contributed by atoms with Gasteiger partial charge in [-0.05, 0) is 74.5 Å². The van der Waals surface area contributed by atoms with Gasteiger partial charge in [0.25, 0.3) is 0 Å². The van der Waals surface area contributed by atoms with Crippen LogP contribution >= 0.6 is 0 Å². The second kappa shape index (κ2) is 9.03. The molecule has 2 saturated heterocycles. The number of nitrogens with two attached hydrogens (primary N) is 1. The summed E-state index contributed by atoms with van der Waals surface area (Å²) in [4.78, 5) is 15.8.